The van der Waals surface area contributed by atoms with Crippen molar-refractivity contribution in [3.8, 4) is 0 Å². The minimum atomic E-state index is -0.834. The Morgan fingerprint density at radius 1 is 1.37 bits per heavy atom. The summed E-state index contributed by atoms with van der Waals surface area (Å²) in [4.78, 5) is 36.2. The van der Waals surface area contributed by atoms with Crippen LogP contribution in [0, 0.1) is 0 Å². The fraction of sp³-hybridized carbons (Fsp3) is 0.769. The van der Waals surface area contributed by atoms with Gasteiger partial charge in [-0.15, -0.1) is 0 Å². The lowest BCUT2D eigenvalue weighted by Gasteiger charge is -2.29. The summed E-state index contributed by atoms with van der Waals surface area (Å²) in [6.45, 7) is 2.03. The average molecular weight is 268 g/mol. The fourth-order valence-corrected chi connectivity index (χ4v) is 2.34. The van der Waals surface area contributed by atoms with E-state index in [0.717, 1.165) is 12.8 Å². The lowest BCUT2D eigenvalue weighted by Crippen LogP contribution is -2.53. The van der Waals surface area contributed by atoms with E-state index in [0.29, 0.717) is 12.5 Å². The summed E-state index contributed by atoms with van der Waals surface area (Å²) in [6.07, 6.45) is 3.05. The number of carbonyl (C=O) groups excluding carboxylic acids is 3. The van der Waals surface area contributed by atoms with E-state index in [1.54, 1.807) is 6.92 Å². The molecule has 1 aliphatic heterocycles. The zero-order valence-corrected chi connectivity index (χ0v) is 11.4. The van der Waals surface area contributed by atoms with Gasteiger partial charge >= 0.3 is 5.97 Å². The number of hydrogen-bond acceptors (Lipinski definition) is 5. The zero-order valence-electron chi connectivity index (χ0n) is 11.4. The topological polar surface area (TPSA) is 75.7 Å². The van der Waals surface area contributed by atoms with E-state index in [9.17, 15) is 14.4 Å². The molecule has 0 aromatic rings. The minimum absolute atomic E-state index is 0.149. The van der Waals surface area contributed by atoms with Crippen LogP contribution in [0.4, 0.5) is 0 Å². The van der Waals surface area contributed by atoms with Gasteiger partial charge in [-0.1, -0.05) is 0 Å². The summed E-state index contributed by atoms with van der Waals surface area (Å²) < 4.78 is 4.82. The lowest BCUT2D eigenvalue weighted by atomic mass is 9.97. The van der Waals surface area contributed by atoms with Crippen molar-refractivity contribution < 1.29 is 19.1 Å². The van der Waals surface area contributed by atoms with Crippen molar-refractivity contribution in [2.45, 2.75) is 50.6 Å². The third-order valence-electron chi connectivity index (χ3n) is 3.73. The smallest absolute Gasteiger partial charge is 0.325 e. The molecule has 1 aliphatic carbocycles. The first kappa shape index (κ1) is 14.0. The molecule has 0 aromatic heterocycles. The highest BCUT2D eigenvalue weighted by Crippen LogP contribution is 2.25. The van der Waals surface area contributed by atoms with Crippen molar-refractivity contribution in [1.29, 1.82) is 0 Å². The standard InChI is InChI=1S/C13H20N2O4/c1-13(12(18)19-2,14-9-3-4-9)7-8-15-10(16)5-6-11(15)17/h9,14H,3-8H2,1-2H3. The molecule has 2 aliphatic rings. The van der Waals surface area contributed by atoms with Gasteiger partial charge in [-0.05, 0) is 26.2 Å². The van der Waals surface area contributed by atoms with Gasteiger partial charge in [0.25, 0.3) is 0 Å². The maximum Gasteiger partial charge on any atom is 0.325 e. The van der Waals surface area contributed by atoms with Crippen LogP contribution < -0.4 is 5.32 Å². The molecule has 6 heteroatoms. The van der Waals surface area contributed by atoms with E-state index in [-0.39, 0.29) is 37.2 Å². The molecule has 2 amide bonds. The number of nitrogens with one attached hydrogen (secondary N) is 1. The number of esters is 1. The second-order valence-electron chi connectivity index (χ2n) is 5.43. The third-order valence-corrected chi connectivity index (χ3v) is 3.73. The molecule has 0 radical (unpaired) electrons. The minimum Gasteiger partial charge on any atom is -0.468 e. The van der Waals surface area contributed by atoms with Crippen LogP contribution >= 0.6 is 0 Å². The maximum atomic E-state index is 11.9. The van der Waals surface area contributed by atoms with Crippen LogP contribution in [0.3, 0.4) is 0 Å². The number of carbonyl (C=O) groups is 3. The molecule has 1 heterocycles. The molecule has 106 valence electrons. The van der Waals surface area contributed by atoms with Crippen molar-refractivity contribution in [1.82, 2.24) is 10.2 Å². The van der Waals surface area contributed by atoms with Crippen LogP contribution in [0.2, 0.25) is 0 Å². The maximum absolute atomic E-state index is 11.9. The Hall–Kier alpha value is -1.43. The molecule has 0 spiro atoms. The van der Waals surface area contributed by atoms with Crippen molar-refractivity contribution in [3.05, 3.63) is 0 Å². The molecule has 1 N–H and O–H groups in total. The van der Waals surface area contributed by atoms with Crippen molar-refractivity contribution >= 4 is 17.8 Å². The first-order chi connectivity index (χ1) is 8.96. The van der Waals surface area contributed by atoms with Gasteiger partial charge in [0.15, 0.2) is 0 Å². The highest BCUT2D eigenvalue weighted by molar-refractivity contribution is 6.01. The average Bonchev–Trinajstić information content (AvgIpc) is 3.13. The van der Waals surface area contributed by atoms with Crippen LogP contribution in [0.15, 0.2) is 0 Å². The van der Waals surface area contributed by atoms with E-state index in [1.807, 2.05) is 0 Å². The number of rotatable bonds is 6. The molecular formula is C13H20N2O4. The zero-order chi connectivity index (χ0) is 14.0. The van der Waals surface area contributed by atoms with Gasteiger partial charge < -0.3 is 4.74 Å². The first-order valence-electron chi connectivity index (χ1n) is 6.65. The summed E-state index contributed by atoms with van der Waals surface area (Å²) in [6, 6.07) is 0.342. The Morgan fingerprint density at radius 3 is 2.42 bits per heavy atom. The number of imide groups is 1. The summed E-state index contributed by atoms with van der Waals surface area (Å²) in [7, 11) is 1.35. The normalized spacial score (nSPS) is 22.5. The predicted octanol–water partition coefficient (Wildman–Crippen LogP) is 0.209. The Bertz CT molecular complexity index is 389. The molecule has 2 fully saturated rings. The summed E-state index contributed by atoms with van der Waals surface area (Å²) in [5, 5.41) is 3.25. The molecule has 0 bridgehead atoms. The predicted molar refractivity (Wildman–Crippen MR) is 67.1 cm³/mol. The van der Waals surface area contributed by atoms with Gasteiger partial charge in [0.1, 0.15) is 5.54 Å². The Balaban J connectivity index is 1.97. The Morgan fingerprint density at radius 2 is 1.95 bits per heavy atom. The monoisotopic (exact) mass is 268 g/mol. The molecule has 1 saturated heterocycles. The van der Waals surface area contributed by atoms with Crippen LogP contribution in [-0.4, -0.2) is 47.9 Å². The second-order valence-corrected chi connectivity index (χ2v) is 5.43. The number of hydrogen-bond donors (Lipinski definition) is 1. The van der Waals surface area contributed by atoms with E-state index in [1.165, 1.54) is 12.0 Å². The SMILES string of the molecule is COC(=O)C(C)(CCN1C(=O)CCC1=O)NC1CC1. The Kier molecular flexibility index (Phi) is 3.89. The van der Waals surface area contributed by atoms with Gasteiger partial charge in [-0.2, -0.15) is 0 Å². The highest BCUT2D eigenvalue weighted by atomic mass is 16.5. The van der Waals surface area contributed by atoms with E-state index >= 15 is 0 Å². The second kappa shape index (κ2) is 5.28. The van der Waals surface area contributed by atoms with Gasteiger partial charge in [0.05, 0.1) is 7.11 Å². The summed E-state index contributed by atoms with van der Waals surface area (Å²) in [5.41, 5.74) is -0.834. The van der Waals surface area contributed by atoms with Gasteiger partial charge in [0.2, 0.25) is 11.8 Å². The van der Waals surface area contributed by atoms with Crippen molar-refractivity contribution in [3.63, 3.8) is 0 Å². The van der Waals surface area contributed by atoms with Crippen LogP contribution in [0.25, 0.3) is 0 Å². The number of likely N-dealkylation sites (tertiary alicyclic amines) is 1. The summed E-state index contributed by atoms with van der Waals surface area (Å²) >= 11 is 0. The molecular weight excluding hydrogens is 248 g/mol. The largest absolute Gasteiger partial charge is 0.468 e. The molecule has 1 atom stereocenters. The molecule has 2 rings (SSSR count). The number of methoxy groups -OCH3 is 1. The van der Waals surface area contributed by atoms with E-state index in [4.69, 9.17) is 4.74 Å². The Labute approximate surface area is 112 Å². The molecule has 0 aromatic carbocycles. The van der Waals surface area contributed by atoms with Crippen molar-refractivity contribution in [2.24, 2.45) is 0 Å². The highest BCUT2D eigenvalue weighted by Gasteiger charge is 2.40. The fourth-order valence-electron chi connectivity index (χ4n) is 2.34. The summed E-state index contributed by atoms with van der Waals surface area (Å²) in [5.74, 6) is -0.647. The van der Waals surface area contributed by atoms with Gasteiger partial charge in [-0.3, -0.25) is 24.6 Å². The van der Waals surface area contributed by atoms with Crippen LogP contribution in [-0.2, 0) is 19.1 Å². The van der Waals surface area contributed by atoms with Crippen LogP contribution in [0.5, 0.6) is 0 Å². The first-order valence-corrected chi connectivity index (χ1v) is 6.65. The number of ether oxygens (including phenoxy) is 1. The number of nitrogens with zero attached hydrogens (tertiary/aromatic N) is 1. The van der Waals surface area contributed by atoms with Crippen LogP contribution in [0.1, 0.15) is 39.0 Å². The van der Waals surface area contributed by atoms with Gasteiger partial charge in [-0.25, -0.2) is 0 Å². The number of amides is 2. The molecule has 6 nitrogen and oxygen atoms in total. The lowest BCUT2D eigenvalue weighted by molar-refractivity contribution is -0.150. The molecule has 19 heavy (non-hydrogen) atoms. The van der Waals surface area contributed by atoms with Gasteiger partial charge in [0, 0.05) is 25.4 Å². The van der Waals surface area contributed by atoms with E-state index < -0.39 is 5.54 Å². The van der Waals surface area contributed by atoms with E-state index in [2.05, 4.69) is 5.32 Å². The molecule has 1 saturated carbocycles. The third kappa shape index (κ3) is 3.12. The van der Waals surface area contributed by atoms with Crippen molar-refractivity contribution in [2.75, 3.05) is 13.7 Å². The molecule has 1 unspecified atom stereocenters. The quantitative estimate of drug-likeness (QED) is 0.550.